The van der Waals surface area contributed by atoms with E-state index in [9.17, 15) is 8.42 Å². The van der Waals surface area contributed by atoms with E-state index in [1.807, 2.05) is 30.3 Å². The van der Waals surface area contributed by atoms with Crippen molar-refractivity contribution in [3.63, 3.8) is 0 Å². The van der Waals surface area contributed by atoms with E-state index in [-0.39, 0.29) is 12.1 Å². The minimum atomic E-state index is -3.57. The van der Waals surface area contributed by atoms with E-state index in [4.69, 9.17) is 4.74 Å². The average molecular weight is 369 g/mol. The van der Waals surface area contributed by atoms with Crippen LogP contribution in [0.1, 0.15) is 12.8 Å². The van der Waals surface area contributed by atoms with Gasteiger partial charge in [-0.05, 0) is 41.8 Å². The second kappa shape index (κ2) is 7.01. The van der Waals surface area contributed by atoms with Gasteiger partial charge in [-0.15, -0.1) is 0 Å². The lowest BCUT2D eigenvalue weighted by Crippen LogP contribution is -2.44. The number of nitrogens with zero attached hydrogens (tertiary/aromatic N) is 3. The maximum atomic E-state index is 13.1. The van der Waals surface area contributed by atoms with Crippen LogP contribution < -0.4 is 4.74 Å². The van der Waals surface area contributed by atoms with Crippen LogP contribution in [0.3, 0.4) is 0 Å². The fraction of sp³-hybridized carbons (Fsp3) is 0.263. The number of hydrogen-bond donors (Lipinski definition) is 0. The van der Waals surface area contributed by atoms with E-state index in [0.29, 0.717) is 18.0 Å². The highest BCUT2D eigenvalue weighted by Crippen LogP contribution is 2.25. The molecule has 2 heterocycles. The maximum Gasteiger partial charge on any atom is 0.316 e. The standard InChI is InChI=1S/C19H19N3O3S/c23-26(24,18-9-8-15-5-1-2-6-16(15)13-18)22-12-3-7-17(14-22)25-19-20-10-4-11-21-19/h1-2,4-6,8-11,13,17H,3,7,12,14H2. The molecule has 1 fully saturated rings. The van der Waals surface area contributed by atoms with Crippen LogP contribution in [0.2, 0.25) is 0 Å². The van der Waals surface area contributed by atoms with Crippen molar-refractivity contribution in [2.75, 3.05) is 13.1 Å². The van der Waals surface area contributed by atoms with Crippen LogP contribution in [0.25, 0.3) is 10.8 Å². The van der Waals surface area contributed by atoms with Crippen LogP contribution in [0.15, 0.2) is 65.8 Å². The van der Waals surface area contributed by atoms with Crippen molar-refractivity contribution in [2.24, 2.45) is 0 Å². The Labute approximate surface area is 152 Å². The smallest absolute Gasteiger partial charge is 0.316 e. The lowest BCUT2D eigenvalue weighted by Gasteiger charge is -2.31. The molecule has 0 saturated carbocycles. The molecule has 1 aliphatic heterocycles. The summed E-state index contributed by atoms with van der Waals surface area (Å²) in [6.07, 6.45) is 4.48. The first-order chi connectivity index (χ1) is 12.6. The van der Waals surface area contributed by atoms with Crippen molar-refractivity contribution in [2.45, 2.75) is 23.8 Å². The van der Waals surface area contributed by atoms with Gasteiger partial charge in [-0.3, -0.25) is 0 Å². The van der Waals surface area contributed by atoms with Crippen molar-refractivity contribution in [1.29, 1.82) is 0 Å². The van der Waals surface area contributed by atoms with Gasteiger partial charge in [-0.2, -0.15) is 4.31 Å². The van der Waals surface area contributed by atoms with Crippen LogP contribution in [-0.2, 0) is 10.0 Å². The van der Waals surface area contributed by atoms with Crippen LogP contribution in [-0.4, -0.2) is 41.9 Å². The van der Waals surface area contributed by atoms with E-state index < -0.39 is 10.0 Å². The fourth-order valence-electron chi connectivity index (χ4n) is 3.19. The summed E-state index contributed by atoms with van der Waals surface area (Å²) < 4.78 is 33.4. The number of fused-ring (bicyclic) bond motifs is 1. The molecule has 1 saturated heterocycles. The minimum absolute atomic E-state index is 0.249. The van der Waals surface area contributed by atoms with Gasteiger partial charge >= 0.3 is 6.01 Å². The zero-order valence-electron chi connectivity index (χ0n) is 14.2. The topological polar surface area (TPSA) is 72.4 Å². The van der Waals surface area contributed by atoms with Crippen molar-refractivity contribution in [3.05, 3.63) is 60.9 Å². The molecule has 0 radical (unpaired) electrons. The number of piperidine rings is 1. The Hall–Kier alpha value is -2.51. The van der Waals surface area contributed by atoms with Gasteiger partial charge in [0.25, 0.3) is 0 Å². The predicted octanol–water partition coefficient (Wildman–Crippen LogP) is 2.86. The van der Waals surface area contributed by atoms with Crippen LogP contribution in [0, 0.1) is 0 Å². The number of sulfonamides is 1. The molecule has 0 N–H and O–H groups in total. The molecule has 3 aromatic rings. The number of ether oxygens (including phenoxy) is 1. The molecule has 1 aliphatic rings. The molecule has 2 aromatic carbocycles. The molecular weight excluding hydrogens is 350 g/mol. The molecule has 0 spiro atoms. The van der Waals surface area contributed by atoms with Gasteiger partial charge in [0.1, 0.15) is 6.10 Å². The first kappa shape index (κ1) is 16.9. The third-order valence-corrected chi connectivity index (χ3v) is 6.37. The molecular formula is C19H19N3O3S. The first-order valence-electron chi connectivity index (χ1n) is 8.55. The summed E-state index contributed by atoms with van der Waals surface area (Å²) in [4.78, 5) is 8.41. The van der Waals surface area contributed by atoms with Gasteiger partial charge in [0.2, 0.25) is 10.0 Å². The summed E-state index contributed by atoms with van der Waals surface area (Å²) in [6, 6.07) is 15.0. The molecule has 1 unspecified atom stereocenters. The van der Waals surface area contributed by atoms with Gasteiger partial charge < -0.3 is 4.74 Å². The highest BCUT2D eigenvalue weighted by Gasteiger charge is 2.31. The minimum Gasteiger partial charge on any atom is -0.459 e. The molecule has 0 bridgehead atoms. The van der Waals surface area contributed by atoms with Gasteiger partial charge in [0.15, 0.2) is 0 Å². The molecule has 26 heavy (non-hydrogen) atoms. The van der Waals surface area contributed by atoms with Crippen molar-refractivity contribution in [1.82, 2.24) is 14.3 Å². The van der Waals surface area contributed by atoms with E-state index in [2.05, 4.69) is 9.97 Å². The Morgan fingerprint density at radius 2 is 1.77 bits per heavy atom. The Bertz CT molecular complexity index is 1010. The quantitative estimate of drug-likeness (QED) is 0.707. The zero-order valence-corrected chi connectivity index (χ0v) is 15.0. The Morgan fingerprint density at radius 1 is 1.00 bits per heavy atom. The van der Waals surface area contributed by atoms with E-state index in [0.717, 1.165) is 23.6 Å². The van der Waals surface area contributed by atoms with Crippen molar-refractivity contribution >= 4 is 20.8 Å². The fourth-order valence-corrected chi connectivity index (χ4v) is 4.74. The van der Waals surface area contributed by atoms with E-state index in [1.165, 1.54) is 4.31 Å². The molecule has 134 valence electrons. The number of hydrogen-bond acceptors (Lipinski definition) is 5. The number of aromatic nitrogens is 2. The Morgan fingerprint density at radius 3 is 2.58 bits per heavy atom. The van der Waals surface area contributed by atoms with Crippen molar-refractivity contribution < 1.29 is 13.2 Å². The molecule has 4 rings (SSSR count). The SMILES string of the molecule is O=S(=O)(c1ccc2ccccc2c1)N1CCCC(Oc2ncccn2)C1. The molecule has 1 atom stereocenters. The summed E-state index contributed by atoms with van der Waals surface area (Å²) in [5, 5.41) is 1.93. The summed E-state index contributed by atoms with van der Waals surface area (Å²) in [6.45, 7) is 0.790. The molecule has 0 amide bonds. The van der Waals surface area contributed by atoms with Crippen molar-refractivity contribution in [3.8, 4) is 6.01 Å². The zero-order chi connectivity index (χ0) is 18.0. The molecule has 6 nitrogen and oxygen atoms in total. The Kier molecular flexibility index (Phi) is 4.57. The molecule has 0 aliphatic carbocycles. The van der Waals surface area contributed by atoms with E-state index >= 15 is 0 Å². The third-order valence-electron chi connectivity index (χ3n) is 4.51. The highest BCUT2D eigenvalue weighted by atomic mass is 32.2. The lowest BCUT2D eigenvalue weighted by molar-refractivity contribution is 0.119. The number of benzene rings is 2. The number of rotatable bonds is 4. The monoisotopic (exact) mass is 369 g/mol. The summed E-state index contributed by atoms with van der Waals surface area (Å²) in [5.41, 5.74) is 0. The second-order valence-electron chi connectivity index (χ2n) is 6.29. The second-order valence-corrected chi connectivity index (χ2v) is 8.22. The van der Waals surface area contributed by atoms with Gasteiger partial charge in [0.05, 0.1) is 11.4 Å². The normalized spacial score (nSPS) is 18.7. The van der Waals surface area contributed by atoms with Gasteiger partial charge in [-0.25, -0.2) is 18.4 Å². The lowest BCUT2D eigenvalue weighted by atomic mass is 10.1. The maximum absolute atomic E-state index is 13.1. The van der Waals surface area contributed by atoms with E-state index in [1.54, 1.807) is 30.6 Å². The van der Waals surface area contributed by atoms with Crippen LogP contribution >= 0.6 is 0 Å². The molecule has 7 heteroatoms. The average Bonchev–Trinajstić information content (AvgIpc) is 2.68. The molecule has 1 aromatic heterocycles. The first-order valence-corrected chi connectivity index (χ1v) is 9.99. The third kappa shape index (κ3) is 3.40. The summed E-state index contributed by atoms with van der Waals surface area (Å²) >= 11 is 0. The Balaban J connectivity index is 1.56. The predicted molar refractivity (Wildman–Crippen MR) is 98.4 cm³/mol. The van der Waals surface area contributed by atoms with Crippen LogP contribution in [0.5, 0.6) is 6.01 Å². The highest BCUT2D eigenvalue weighted by molar-refractivity contribution is 7.89. The van der Waals surface area contributed by atoms with Gasteiger partial charge in [0, 0.05) is 18.9 Å². The summed E-state index contributed by atoms with van der Waals surface area (Å²) in [7, 11) is -3.57. The summed E-state index contributed by atoms with van der Waals surface area (Å²) in [5.74, 6) is 0. The van der Waals surface area contributed by atoms with Gasteiger partial charge in [-0.1, -0.05) is 30.3 Å². The largest absolute Gasteiger partial charge is 0.459 e. The van der Waals surface area contributed by atoms with Crippen LogP contribution in [0.4, 0.5) is 0 Å².